The van der Waals surface area contributed by atoms with Crippen LogP contribution in [0, 0.1) is 0 Å². The minimum absolute atomic E-state index is 0.295. The number of nitrogens with zero attached hydrogens (tertiary/aromatic N) is 2. The Bertz CT molecular complexity index is 1300. The highest BCUT2D eigenvalue weighted by Gasteiger charge is 2.30. The third kappa shape index (κ3) is 5.10. The van der Waals surface area contributed by atoms with Crippen LogP contribution in [0.25, 0.3) is 16.9 Å². The number of halogens is 3. The fraction of sp³-hybridized carbons (Fsp3) is 0.154. The molecule has 34 heavy (non-hydrogen) atoms. The van der Waals surface area contributed by atoms with Gasteiger partial charge in [0.05, 0.1) is 23.0 Å². The first-order valence-corrected chi connectivity index (χ1v) is 11.0. The fourth-order valence-electron chi connectivity index (χ4n) is 3.41. The van der Waals surface area contributed by atoms with E-state index in [2.05, 4.69) is 10.4 Å². The van der Waals surface area contributed by atoms with E-state index < -0.39 is 5.92 Å². The summed E-state index contributed by atoms with van der Waals surface area (Å²) in [5.41, 5.74) is 2.20. The predicted octanol–water partition coefficient (Wildman–Crippen LogP) is 6.96. The minimum atomic E-state index is -3.13. The molecule has 0 fully saturated rings. The number of carbonyl (C=O) groups is 1. The predicted molar refractivity (Wildman–Crippen MR) is 129 cm³/mol. The van der Waals surface area contributed by atoms with Gasteiger partial charge < -0.3 is 10.1 Å². The average molecular weight is 482 g/mol. The molecule has 1 amide bonds. The average Bonchev–Trinajstić information content (AvgIpc) is 3.27. The lowest BCUT2D eigenvalue weighted by atomic mass is 10.1. The zero-order valence-electron chi connectivity index (χ0n) is 18.6. The topological polar surface area (TPSA) is 56.1 Å². The summed E-state index contributed by atoms with van der Waals surface area (Å²) in [4.78, 5) is 12.7. The largest absolute Gasteiger partial charge is 0.494 e. The number of nitrogens with one attached hydrogen (secondary N) is 1. The molecule has 4 aromatic rings. The van der Waals surface area contributed by atoms with Crippen LogP contribution in [0.2, 0.25) is 5.02 Å². The van der Waals surface area contributed by atoms with Crippen molar-refractivity contribution >= 4 is 23.2 Å². The zero-order valence-corrected chi connectivity index (χ0v) is 19.3. The molecule has 0 aliphatic carbocycles. The monoisotopic (exact) mass is 481 g/mol. The standard InChI is InChI=1S/C26H22ClF2N3O2/c1-3-34-20-14-12-19(13-15-20)30-25(33)18-10-8-17(9-11-18)23-16-24(26(2,28)29)31-32(23)22-7-5-4-6-21(22)27/h4-16H,3H2,1-2H3,(H,30,33). The Morgan fingerprint density at radius 3 is 2.35 bits per heavy atom. The number of hydrogen-bond donors (Lipinski definition) is 1. The molecule has 0 aliphatic rings. The summed E-state index contributed by atoms with van der Waals surface area (Å²) in [6, 6.07) is 21.9. The molecule has 0 saturated heterocycles. The highest BCUT2D eigenvalue weighted by Crippen LogP contribution is 2.33. The number of aromatic nitrogens is 2. The Hall–Kier alpha value is -3.71. The van der Waals surface area contributed by atoms with Crippen LogP contribution < -0.4 is 10.1 Å². The van der Waals surface area contributed by atoms with Crippen molar-refractivity contribution in [2.75, 3.05) is 11.9 Å². The molecule has 4 rings (SSSR count). The molecule has 3 aromatic carbocycles. The molecule has 0 unspecified atom stereocenters. The van der Waals surface area contributed by atoms with E-state index in [1.165, 1.54) is 10.7 Å². The molecule has 0 spiro atoms. The van der Waals surface area contributed by atoms with Gasteiger partial charge in [-0.3, -0.25) is 4.79 Å². The van der Waals surface area contributed by atoms with Crippen molar-refractivity contribution < 1.29 is 18.3 Å². The quantitative estimate of drug-likeness (QED) is 0.310. The molecule has 174 valence electrons. The van der Waals surface area contributed by atoms with Crippen molar-refractivity contribution in [1.82, 2.24) is 9.78 Å². The molecule has 1 N–H and O–H groups in total. The summed E-state index contributed by atoms with van der Waals surface area (Å²) in [6.07, 6.45) is 0. The van der Waals surface area contributed by atoms with Gasteiger partial charge in [-0.25, -0.2) is 4.68 Å². The van der Waals surface area contributed by atoms with E-state index in [0.717, 1.165) is 12.7 Å². The second-order valence-corrected chi connectivity index (χ2v) is 8.06. The van der Waals surface area contributed by atoms with E-state index >= 15 is 0 Å². The van der Waals surface area contributed by atoms with Crippen LogP contribution in [0.4, 0.5) is 14.5 Å². The number of rotatable bonds is 7. The van der Waals surface area contributed by atoms with Crippen LogP contribution in [-0.2, 0) is 5.92 Å². The molecule has 1 aromatic heterocycles. The maximum absolute atomic E-state index is 14.1. The van der Waals surface area contributed by atoms with E-state index in [1.807, 2.05) is 6.92 Å². The maximum atomic E-state index is 14.1. The molecule has 0 bridgehead atoms. The smallest absolute Gasteiger partial charge is 0.288 e. The molecule has 0 saturated carbocycles. The van der Waals surface area contributed by atoms with Crippen LogP contribution in [0.1, 0.15) is 29.9 Å². The molecule has 0 atom stereocenters. The van der Waals surface area contributed by atoms with Crippen molar-refractivity contribution in [3.8, 4) is 22.7 Å². The van der Waals surface area contributed by atoms with Gasteiger partial charge >= 0.3 is 0 Å². The molecule has 8 heteroatoms. The van der Waals surface area contributed by atoms with Crippen LogP contribution in [0.3, 0.4) is 0 Å². The number of amides is 1. The number of benzene rings is 3. The number of ether oxygens (including phenoxy) is 1. The van der Waals surface area contributed by atoms with E-state index in [9.17, 15) is 13.6 Å². The maximum Gasteiger partial charge on any atom is 0.288 e. The van der Waals surface area contributed by atoms with Crippen molar-refractivity contribution in [3.63, 3.8) is 0 Å². The SMILES string of the molecule is CCOc1ccc(NC(=O)c2ccc(-c3cc(C(C)(F)F)nn3-c3ccccc3Cl)cc2)cc1. The summed E-state index contributed by atoms with van der Waals surface area (Å²) in [5.74, 6) is -2.70. The van der Waals surface area contributed by atoms with Gasteiger partial charge in [0, 0.05) is 23.7 Å². The van der Waals surface area contributed by atoms with Crippen molar-refractivity contribution in [2.24, 2.45) is 0 Å². The van der Waals surface area contributed by atoms with Gasteiger partial charge in [0.2, 0.25) is 0 Å². The summed E-state index contributed by atoms with van der Waals surface area (Å²) < 4.78 is 34.9. The lowest BCUT2D eigenvalue weighted by molar-refractivity contribution is 0.0124. The van der Waals surface area contributed by atoms with E-state index in [1.54, 1.807) is 72.8 Å². The summed E-state index contributed by atoms with van der Waals surface area (Å²) in [6.45, 7) is 3.25. The Morgan fingerprint density at radius 2 is 1.74 bits per heavy atom. The molecule has 0 radical (unpaired) electrons. The molecule has 0 aliphatic heterocycles. The van der Waals surface area contributed by atoms with Crippen LogP contribution in [0.15, 0.2) is 78.9 Å². The molecular weight excluding hydrogens is 460 g/mol. The van der Waals surface area contributed by atoms with Gasteiger partial charge in [-0.1, -0.05) is 35.9 Å². The van der Waals surface area contributed by atoms with Crippen LogP contribution in [0.5, 0.6) is 5.75 Å². The number of anilines is 1. The number of para-hydroxylation sites is 1. The second kappa shape index (κ2) is 9.65. The molecular formula is C26H22ClF2N3O2. The second-order valence-electron chi connectivity index (χ2n) is 7.66. The minimum Gasteiger partial charge on any atom is -0.494 e. The normalized spacial score (nSPS) is 11.3. The third-order valence-electron chi connectivity index (χ3n) is 5.11. The first kappa shape index (κ1) is 23.4. The van der Waals surface area contributed by atoms with Crippen LogP contribution in [-0.4, -0.2) is 22.3 Å². The molecule has 1 heterocycles. The number of hydrogen-bond acceptors (Lipinski definition) is 3. The lowest BCUT2D eigenvalue weighted by Gasteiger charge is -2.10. The van der Waals surface area contributed by atoms with E-state index in [-0.39, 0.29) is 11.6 Å². The van der Waals surface area contributed by atoms with E-state index in [0.29, 0.717) is 39.8 Å². The van der Waals surface area contributed by atoms with Gasteiger partial charge in [0.25, 0.3) is 11.8 Å². The first-order valence-electron chi connectivity index (χ1n) is 10.6. The van der Waals surface area contributed by atoms with Gasteiger partial charge in [0.1, 0.15) is 11.4 Å². The zero-order chi connectivity index (χ0) is 24.3. The van der Waals surface area contributed by atoms with Gasteiger partial charge in [0.15, 0.2) is 0 Å². The lowest BCUT2D eigenvalue weighted by Crippen LogP contribution is -2.11. The highest BCUT2D eigenvalue weighted by atomic mass is 35.5. The highest BCUT2D eigenvalue weighted by molar-refractivity contribution is 6.32. The van der Waals surface area contributed by atoms with Gasteiger partial charge in [-0.15, -0.1) is 0 Å². The number of alkyl halides is 2. The first-order chi connectivity index (χ1) is 16.3. The van der Waals surface area contributed by atoms with Crippen molar-refractivity contribution in [2.45, 2.75) is 19.8 Å². The van der Waals surface area contributed by atoms with Crippen LogP contribution >= 0.6 is 11.6 Å². The Morgan fingerprint density at radius 1 is 1.06 bits per heavy atom. The fourth-order valence-corrected chi connectivity index (χ4v) is 3.62. The Kier molecular flexibility index (Phi) is 6.65. The third-order valence-corrected chi connectivity index (χ3v) is 5.43. The Balaban J connectivity index is 1.61. The summed E-state index contributed by atoms with van der Waals surface area (Å²) in [5, 5.41) is 7.32. The summed E-state index contributed by atoms with van der Waals surface area (Å²) >= 11 is 6.30. The van der Waals surface area contributed by atoms with Gasteiger partial charge in [-0.2, -0.15) is 13.9 Å². The van der Waals surface area contributed by atoms with Gasteiger partial charge in [-0.05, 0) is 61.5 Å². The van der Waals surface area contributed by atoms with Crippen molar-refractivity contribution in [1.29, 1.82) is 0 Å². The summed E-state index contributed by atoms with van der Waals surface area (Å²) in [7, 11) is 0. The van der Waals surface area contributed by atoms with Crippen molar-refractivity contribution in [3.05, 3.63) is 95.1 Å². The Labute approximate surface area is 200 Å². The van der Waals surface area contributed by atoms with E-state index in [4.69, 9.17) is 16.3 Å². The molecule has 5 nitrogen and oxygen atoms in total. The number of carbonyl (C=O) groups excluding carboxylic acids is 1.